The van der Waals surface area contributed by atoms with Crippen LogP contribution in [0.3, 0.4) is 0 Å². The highest BCUT2D eigenvalue weighted by Crippen LogP contribution is 2.02. The number of carbonyl (C=O) groups is 3. The van der Waals surface area contributed by atoms with Gasteiger partial charge in [-0.15, -0.1) is 6.58 Å². The van der Waals surface area contributed by atoms with Gasteiger partial charge in [0.1, 0.15) is 12.1 Å². The molecule has 2 atom stereocenters. The topological polar surface area (TPSA) is 113 Å². The van der Waals surface area contributed by atoms with E-state index in [2.05, 4.69) is 11.9 Å². The summed E-state index contributed by atoms with van der Waals surface area (Å²) in [4.78, 5) is 32.7. The Morgan fingerprint density at radius 3 is 2.39 bits per heavy atom. The van der Waals surface area contributed by atoms with E-state index < -0.39 is 30.0 Å². The lowest BCUT2D eigenvalue weighted by atomic mass is 10.1. The Kier molecular flexibility index (Phi) is 7.37. The molecule has 2 unspecified atom stereocenters. The van der Waals surface area contributed by atoms with E-state index in [1.165, 1.54) is 6.08 Å². The van der Waals surface area contributed by atoms with E-state index >= 15 is 0 Å². The van der Waals surface area contributed by atoms with Gasteiger partial charge in [0.25, 0.3) is 0 Å². The van der Waals surface area contributed by atoms with Gasteiger partial charge in [-0.25, -0.2) is 0 Å². The van der Waals surface area contributed by atoms with Crippen LogP contribution < -0.4 is 5.32 Å². The van der Waals surface area contributed by atoms with Gasteiger partial charge < -0.3 is 14.9 Å². The van der Waals surface area contributed by atoms with Crippen molar-refractivity contribution in [3.8, 4) is 0 Å². The molecule has 0 heterocycles. The summed E-state index contributed by atoms with van der Waals surface area (Å²) in [6.07, 6.45) is 0.778. The molecule has 0 bridgehead atoms. The fourth-order valence-corrected chi connectivity index (χ4v) is 1.23. The summed E-state index contributed by atoms with van der Waals surface area (Å²) in [5, 5.41) is 19.9. The first-order valence-corrected chi connectivity index (χ1v) is 5.42. The van der Waals surface area contributed by atoms with Crippen LogP contribution in [0.1, 0.15) is 19.8 Å². The number of carboxylic acid groups (broad SMARTS) is 2. The molecule has 0 aromatic heterocycles. The molecule has 102 valence electrons. The van der Waals surface area contributed by atoms with Crippen LogP contribution >= 0.6 is 0 Å². The molecule has 0 saturated heterocycles. The molecule has 0 radical (unpaired) electrons. The van der Waals surface area contributed by atoms with E-state index in [-0.39, 0.29) is 19.4 Å². The minimum atomic E-state index is -1.23. The molecule has 0 fully saturated rings. The molecule has 0 aliphatic rings. The zero-order valence-electron chi connectivity index (χ0n) is 10.1. The Morgan fingerprint density at radius 2 is 2.00 bits per heavy atom. The fraction of sp³-hybridized carbons (Fsp3) is 0.545. The number of ether oxygens (including phenoxy) is 1. The van der Waals surface area contributed by atoms with Crippen LogP contribution in [-0.2, 0) is 19.1 Å². The highest BCUT2D eigenvalue weighted by molar-refractivity contribution is 5.80. The third kappa shape index (κ3) is 6.00. The molecule has 0 amide bonds. The van der Waals surface area contributed by atoms with Crippen LogP contribution in [0.15, 0.2) is 12.7 Å². The summed E-state index contributed by atoms with van der Waals surface area (Å²) < 4.78 is 4.72. The maximum absolute atomic E-state index is 11.4. The van der Waals surface area contributed by atoms with Crippen LogP contribution in [0.5, 0.6) is 0 Å². The molecule has 0 aromatic carbocycles. The van der Waals surface area contributed by atoms with Gasteiger partial charge in [-0.05, 0) is 13.3 Å². The van der Waals surface area contributed by atoms with E-state index in [4.69, 9.17) is 14.9 Å². The lowest BCUT2D eigenvalue weighted by Crippen LogP contribution is -2.47. The number of hydrogen-bond acceptors (Lipinski definition) is 5. The first kappa shape index (κ1) is 16.1. The van der Waals surface area contributed by atoms with E-state index in [9.17, 15) is 14.4 Å². The van der Waals surface area contributed by atoms with Gasteiger partial charge in [-0.1, -0.05) is 6.08 Å². The van der Waals surface area contributed by atoms with Gasteiger partial charge in [0.05, 0.1) is 6.61 Å². The highest BCUT2D eigenvalue weighted by Gasteiger charge is 2.25. The third-order valence-electron chi connectivity index (χ3n) is 2.10. The van der Waals surface area contributed by atoms with E-state index in [0.717, 1.165) is 0 Å². The molecule has 7 heteroatoms. The molecule has 18 heavy (non-hydrogen) atoms. The molecular weight excluding hydrogens is 242 g/mol. The molecule has 0 aliphatic carbocycles. The Bertz CT molecular complexity index is 327. The summed E-state index contributed by atoms with van der Waals surface area (Å²) in [5.74, 6) is -2.98. The largest absolute Gasteiger partial charge is 0.481 e. The zero-order chi connectivity index (χ0) is 14.1. The molecule has 0 aliphatic heterocycles. The maximum Gasteiger partial charge on any atom is 0.327 e. The van der Waals surface area contributed by atoms with E-state index in [1.807, 2.05) is 0 Å². The maximum atomic E-state index is 11.4. The number of esters is 1. The second-order valence-electron chi connectivity index (χ2n) is 3.46. The van der Waals surface area contributed by atoms with Gasteiger partial charge in [-0.3, -0.25) is 19.7 Å². The zero-order valence-corrected chi connectivity index (χ0v) is 10.1. The summed E-state index contributed by atoms with van der Waals surface area (Å²) in [6, 6.07) is -2.12. The number of carboxylic acids is 2. The van der Waals surface area contributed by atoms with E-state index in [0.29, 0.717) is 0 Å². The Balaban J connectivity index is 4.53. The van der Waals surface area contributed by atoms with Crippen molar-refractivity contribution in [2.45, 2.75) is 31.8 Å². The van der Waals surface area contributed by atoms with Crippen LogP contribution in [-0.4, -0.2) is 46.8 Å². The molecule has 3 N–H and O–H groups in total. The van der Waals surface area contributed by atoms with Crippen molar-refractivity contribution in [2.24, 2.45) is 0 Å². The molecule has 0 saturated carbocycles. The summed E-state index contributed by atoms with van der Waals surface area (Å²) in [7, 11) is 0. The van der Waals surface area contributed by atoms with Crippen molar-refractivity contribution < 1.29 is 29.3 Å². The Labute approximate surface area is 104 Å². The van der Waals surface area contributed by atoms with Crippen LogP contribution in [0.2, 0.25) is 0 Å². The average molecular weight is 259 g/mol. The molecular formula is C11H17NO6. The predicted molar refractivity (Wildman–Crippen MR) is 62.0 cm³/mol. The predicted octanol–water partition coefficient (Wildman–Crippen LogP) is 0.0117. The lowest BCUT2D eigenvalue weighted by molar-refractivity contribution is -0.145. The Morgan fingerprint density at radius 1 is 1.39 bits per heavy atom. The van der Waals surface area contributed by atoms with Crippen LogP contribution in [0.4, 0.5) is 0 Å². The second-order valence-corrected chi connectivity index (χ2v) is 3.46. The number of rotatable bonds is 9. The number of hydrogen-bond donors (Lipinski definition) is 3. The molecule has 0 spiro atoms. The third-order valence-corrected chi connectivity index (χ3v) is 2.10. The monoisotopic (exact) mass is 259 g/mol. The standard InChI is InChI=1S/C11H17NO6/c1-3-7(11(17)18-4-2)12-8(10(15)16)5-6-9(13)14/h3,7-8,12H,1,4-6H2,2H3,(H,13,14)(H,15,16). The number of carbonyl (C=O) groups excluding carboxylic acids is 1. The average Bonchev–Trinajstić information content (AvgIpc) is 2.28. The minimum Gasteiger partial charge on any atom is -0.481 e. The minimum absolute atomic E-state index is 0.131. The fourth-order valence-electron chi connectivity index (χ4n) is 1.23. The van der Waals surface area contributed by atoms with Crippen molar-refractivity contribution in [3.05, 3.63) is 12.7 Å². The van der Waals surface area contributed by atoms with Crippen molar-refractivity contribution in [2.75, 3.05) is 6.61 Å². The highest BCUT2D eigenvalue weighted by atomic mass is 16.5. The quantitative estimate of drug-likeness (QED) is 0.395. The molecule has 0 rings (SSSR count). The van der Waals surface area contributed by atoms with Gasteiger partial charge in [0.2, 0.25) is 0 Å². The van der Waals surface area contributed by atoms with Gasteiger partial charge in [-0.2, -0.15) is 0 Å². The van der Waals surface area contributed by atoms with Crippen molar-refractivity contribution >= 4 is 17.9 Å². The molecule has 0 aromatic rings. The first-order valence-electron chi connectivity index (χ1n) is 5.42. The number of aliphatic carboxylic acids is 2. The Hall–Kier alpha value is -1.89. The molecule has 7 nitrogen and oxygen atoms in total. The number of nitrogens with one attached hydrogen (secondary N) is 1. The smallest absolute Gasteiger partial charge is 0.327 e. The van der Waals surface area contributed by atoms with Crippen LogP contribution in [0, 0.1) is 0 Å². The van der Waals surface area contributed by atoms with Gasteiger partial charge in [0.15, 0.2) is 0 Å². The first-order chi connectivity index (χ1) is 8.42. The van der Waals surface area contributed by atoms with Crippen molar-refractivity contribution in [3.63, 3.8) is 0 Å². The summed E-state index contributed by atoms with van der Waals surface area (Å²) in [6.45, 7) is 5.19. The lowest BCUT2D eigenvalue weighted by Gasteiger charge is -2.18. The summed E-state index contributed by atoms with van der Waals surface area (Å²) in [5.41, 5.74) is 0. The van der Waals surface area contributed by atoms with Crippen molar-refractivity contribution in [1.29, 1.82) is 0 Å². The van der Waals surface area contributed by atoms with E-state index in [1.54, 1.807) is 6.92 Å². The van der Waals surface area contributed by atoms with Gasteiger partial charge in [0, 0.05) is 6.42 Å². The van der Waals surface area contributed by atoms with Crippen molar-refractivity contribution in [1.82, 2.24) is 5.32 Å². The normalized spacial score (nSPS) is 13.4. The SMILES string of the molecule is C=CC(NC(CCC(=O)O)C(=O)O)C(=O)OCC. The summed E-state index contributed by atoms with van der Waals surface area (Å²) >= 11 is 0. The van der Waals surface area contributed by atoms with Crippen LogP contribution in [0.25, 0.3) is 0 Å². The van der Waals surface area contributed by atoms with Gasteiger partial charge >= 0.3 is 17.9 Å². The second kappa shape index (κ2) is 8.24.